The van der Waals surface area contributed by atoms with Crippen LogP contribution >= 0.6 is 0 Å². The Morgan fingerprint density at radius 1 is 1.21 bits per heavy atom. The zero-order valence-corrected chi connectivity index (χ0v) is 23.8. The average molecular weight is 531 g/mol. The number of rotatable bonds is 4. The molecule has 8 atom stereocenters. The largest absolute Gasteiger partial charge is 0.458 e. The second kappa shape index (κ2) is 12.4. The van der Waals surface area contributed by atoms with E-state index in [2.05, 4.69) is 16.8 Å². The Balaban J connectivity index is 1.93. The van der Waals surface area contributed by atoms with Crippen LogP contribution in [0.15, 0.2) is 30.0 Å². The Morgan fingerprint density at radius 2 is 1.92 bits per heavy atom. The molecule has 2 aliphatic rings. The van der Waals surface area contributed by atoms with E-state index in [1.54, 1.807) is 27.0 Å². The zero-order valence-electron chi connectivity index (χ0n) is 23.8. The molecular weight excluding hydrogens is 484 g/mol. The van der Waals surface area contributed by atoms with Crippen LogP contribution in [0.2, 0.25) is 0 Å². The Hall–Kier alpha value is -2.13. The Morgan fingerprint density at radius 3 is 2.55 bits per heavy atom. The Bertz CT molecular complexity index is 996. The fourth-order valence-electron chi connectivity index (χ4n) is 6.08. The molecule has 2 saturated heterocycles. The van der Waals surface area contributed by atoms with Crippen LogP contribution in [0.1, 0.15) is 79.3 Å². The number of aliphatic hydroxyl groups is 3. The summed E-state index contributed by atoms with van der Waals surface area (Å²) >= 11 is 0. The lowest BCUT2D eigenvalue weighted by Gasteiger charge is -2.34. The molecule has 0 aromatic carbocycles. The van der Waals surface area contributed by atoms with Gasteiger partial charge in [-0.3, -0.25) is 19.5 Å². The van der Waals surface area contributed by atoms with Crippen LogP contribution < -0.4 is 0 Å². The maximum absolute atomic E-state index is 13.3. The normalized spacial score (nSPS) is 37.3. The smallest absolute Gasteiger partial charge is 0.309 e. The van der Waals surface area contributed by atoms with Gasteiger partial charge in [0.05, 0.1) is 36.3 Å². The third-order valence-corrected chi connectivity index (χ3v) is 8.99. The van der Waals surface area contributed by atoms with Crippen LogP contribution in [-0.4, -0.2) is 80.0 Å². The third-order valence-electron chi connectivity index (χ3n) is 8.99. The van der Waals surface area contributed by atoms with Gasteiger partial charge < -0.3 is 20.1 Å². The van der Waals surface area contributed by atoms with Gasteiger partial charge in [0.25, 0.3) is 0 Å². The van der Waals surface area contributed by atoms with Gasteiger partial charge in [0.1, 0.15) is 11.9 Å². The highest BCUT2D eigenvalue weighted by Crippen LogP contribution is 2.48. The van der Waals surface area contributed by atoms with Gasteiger partial charge >= 0.3 is 5.97 Å². The third kappa shape index (κ3) is 6.71. The van der Waals surface area contributed by atoms with Crippen molar-refractivity contribution in [1.29, 1.82) is 0 Å². The van der Waals surface area contributed by atoms with E-state index in [1.807, 2.05) is 38.1 Å². The van der Waals surface area contributed by atoms with Crippen molar-refractivity contribution < 1.29 is 29.6 Å². The molecule has 212 valence electrons. The number of hydrogen-bond donors (Lipinski definition) is 3. The molecule has 0 spiro atoms. The lowest BCUT2D eigenvalue weighted by Crippen LogP contribution is -2.45. The van der Waals surface area contributed by atoms with Gasteiger partial charge in [-0.05, 0) is 56.4 Å². The van der Waals surface area contributed by atoms with Crippen LogP contribution in [0.4, 0.5) is 0 Å². The van der Waals surface area contributed by atoms with Crippen molar-refractivity contribution in [3.8, 4) is 0 Å². The molecule has 8 nitrogen and oxygen atoms in total. The highest BCUT2D eigenvalue weighted by molar-refractivity contribution is 5.88. The first-order valence-electron chi connectivity index (χ1n) is 13.9. The number of nitrogens with zero attached hydrogens (tertiary/aromatic N) is 2. The highest BCUT2D eigenvalue weighted by atomic mass is 16.5. The van der Waals surface area contributed by atoms with Gasteiger partial charge in [0.2, 0.25) is 0 Å². The first-order valence-corrected chi connectivity index (χ1v) is 13.9. The number of hydrogen-bond acceptors (Lipinski definition) is 8. The van der Waals surface area contributed by atoms with Gasteiger partial charge in [-0.15, -0.1) is 0 Å². The van der Waals surface area contributed by atoms with Gasteiger partial charge in [-0.2, -0.15) is 0 Å². The lowest BCUT2D eigenvalue weighted by atomic mass is 9.73. The average Bonchev–Trinajstić information content (AvgIpc) is 3.42. The topological polar surface area (TPSA) is 120 Å². The molecule has 1 aromatic heterocycles. The minimum absolute atomic E-state index is 0.0370. The number of β-amino-alcohol motifs (C(OH)–C–C–N with tert-alkyl or cyclic N) is 1. The number of cyclic esters (lactones) is 1. The van der Waals surface area contributed by atoms with Crippen molar-refractivity contribution in [2.24, 2.45) is 17.3 Å². The molecule has 38 heavy (non-hydrogen) atoms. The van der Waals surface area contributed by atoms with Gasteiger partial charge in [0, 0.05) is 36.7 Å². The quantitative estimate of drug-likeness (QED) is 0.400. The monoisotopic (exact) mass is 530 g/mol. The number of carbonyl (C=O) groups excluding carboxylic acids is 2. The first kappa shape index (κ1) is 30.4. The maximum Gasteiger partial charge on any atom is 0.309 e. The molecule has 0 bridgehead atoms. The summed E-state index contributed by atoms with van der Waals surface area (Å²) in [5.41, 5.74) is 0.208. The Labute approximate surface area is 227 Å². The van der Waals surface area contributed by atoms with Crippen molar-refractivity contribution in [3.63, 3.8) is 0 Å². The number of Topliss-reactive ketones (excluding diaryl/α,β-unsaturated/α-hetero) is 1. The fraction of sp³-hybridized carbons (Fsp3) is 0.700. The van der Waals surface area contributed by atoms with Crippen LogP contribution in [0.3, 0.4) is 0 Å². The van der Waals surface area contributed by atoms with Crippen LogP contribution in [-0.2, 0) is 14.3 Å². The number of ketones is 1. The number of pyridine rings is 1. The molecular formula is C30H46N2O6. The highest BCUT2D eigenvalue weighted by Gasteiger charge is 2.58. The predicted molar refractivity (Wildman–Crippen MR) is 146 cm³/mol. The summed E-state index contributed by atoms with van der Waals surface area (Å²) in [6.45, 7) is 11.5. The Kier molecular flexibility index (Phi) is 9.90. The van der Waals surface area contributed by atoms with Crippen LogP contribution in [0.5, 0.6) is 0 Å². The lowest BCUT2D eigenvalue weighted by molar-refractivity contribution is -0.154. The van der Waals surface area contributed by atoms with E-state index in [0.29, 0.717) is 13.0 Å². The van der Waals surface area contributed by atoms with E-state index in [1.165, 1.54) is 0 Å². The van der Waals surface area contributed by atoms with Crippen molar-refractivity contribution in [2.45, 2.75) is 104 Å². The maximum atomic E-state index is 13.3. The van der Waals surface area contributed by atoms with Crippen LogP contribution in [0.25, 0.3) is 6.08 Å². The summed E-state index contributed by atoms with van der Waals surface area (Å²) in [5, 5.41) is 31.6. The number of aromatic nitrogens is 1. The molecule has 1 aromatic rings. The van der Waals surface area contributed by atoms with E-state index in [9.17, 15) is 24.9 Å². The number of ether oxygens (including phenoxy) is 1. The number of carbonyl (C=O) groups is 2. The summed E-state index contributed by atoms with van der Waals surface area (Å²) in [5.74, 6) is -1.62. The number of aliphatic hydroxyl groups excluding tert-OH is 3. The molecule has 1 unspecified atom stereocenters. The molecule has 2 fully saturated rings. The summed E-state index contributed by atoms with van der Waals surface area (Å²) < 4.78 is 5.97. The van der Waals surface area contributed by atoms with E-state index >= 15 is 0 Å². The summed E-state index contributed by atoms with van der Waals surface area (Å²) in [4.78, 5) is 33.0. The van der Waals surface area contributed by atoms with Gasteiger partial charge in [-0.25, -0.2) is 0 Å². The fourth-order valence-corrected chi connectivity index (χ4v) is 6.08. The summed E-state index contributed by atoms with van der Waals surface area (Å²) in [7, 11) is 0. The van der Waals surface area contributed by atoms with E-state index in [-0.39, 0.29) is 36.3 Å². The number of fused-ring (bicyclic) bond motifs is 1. The molecule has 2 aliphatic heterocycles. The minimum Gasteiger partial charge on any atom is -0.458 e. The van der Waals surface area contributed by atoms with Crippen molar-refractivity contribution in [3.05, 3.63) is 35.7 Å². The first-order chi connectivity index (χ1) is 17.8. The van der Waals surface area contributed by atoms with E-state index in [0.717, 1.165) is 30.5 Å². The van der Waals surface area contributed by atoms with Crippen molar-refractivity contribution >= 4 is 17.8 Å². The summed E-state index contributed by atoms with van der Waals surface area (Å²) in [6.07, 6.45) is 3.67. The molecule has 3 heterocycles. The van der Waals surface area contributed by atoms with E-state index < -0.39 is 35.6 Å². The van der Waals surface area contributed by atoms with Gasteiger partial charge in [-0.1, -0.05) is 40.2 Å². The van der Waals surface area contributed by atoms with E-state index in [4.69, 9.17) is 4.74 Å². The second-order valence-corrected chi connectivity index (χ2v) is 12.1. The standard InChI is InChI=1S/C30H46N2O6/c1-19-10-9-12-30(6)24(32(30)14-15-33)17-23(20(2)16-22-11-7-8-13-31-22)38-26(35)18-25(34)29(4,5)28(37)21(3)27(19)36/h7-8,11,13,16,19,21,23-25,27,33-34,36H,9-10,12,14-15,17-18H2,1-6H3/b20-16+/t19-,21+,23-,24-,25-,27-,30+,32?/m0/s1. The molecule has 0 saturated carbocycles. The molecule has 8 heteroatoms. The summed E-state index contributed by atoms with van der Waals surface area (Å²) in [6, 6.07) is 5.72. The zero-order chi connectivity index (χ0) is 28.3. The molecule has 0 amide bonds. The molecule has 3 N–H and O–H groups in total. The SMILES string of the molecule is C/C(=C\c1ccccn1)[C@@H]1C[C@@H]2N(CCO)[C@]2(C)CCC[C@H](C)[C@H](O)[C@@H](C)C(=O)C(C)(C)[C@@H](O)CC(=O)O1. The molecule has 0 radical (unpaired) electrons. The van der Waals surface area contributed by atoms with Crippen molar-refractivity contribution in [2.75, 3.05) is 13.2 Å². The predicted octanol–water partition coefficient (Wildman–Crippen LogP) is 3.39. The van der Waals surface area contributed by atoms with Crippen molar-refractivity contribution in [1.82, 2.24) is 9.88 Å². The number of esters is 1. The minimum atomic E-state index is -1.25. The molecule has 0 aliphatic carbocycles. The molecule has 3 rings (SSSR count). The van der Waals surface area contributed by atoms with Crippen LogP contribution in [0, 0.1) is 17.3 Å². The second-order valence-electron chi connectivity index (χ2n) is 12.1. The van der Waals surface area contributed by atoms with Gasteiger partial charge in [0.15, 0.2) is 0 Å².